The Balaban J connectivity index is 1.25. The molecule has 1 aliphatic heterocycles. The molecule has 0 atom stereocenters. The van der Waals surface area contributed by atoms with E-state index in [1.807, 2.05) is 30.3 Å². The van der Waals surface area contributed by atoms with Gasteiger partial charge in [0.15, 0.2) is 0 Å². The quantitative estimate of drug-likeness (QED) is 0.420. The highest BCUT2D eigenvalue weighted by molar-refractivity contribution is 6.00. The monoisotopic (exact) mass is 565 g/mol. The Kier molecular flexibility index (Phi) is 8.01. The number of fused-ring (bicyclic) bond motifs is 3. The Labute approximate surface area is 235 Å². The second-order valence-corrected chi connectivity index (χ2v) is 10.3. The van der Waals surface area contributed by atoms with Crippen LogP contribution in [0.15, 0.2) is 78.9 Å². The van der Waals surface area contributed by atoms with Crippen molar-refractivity contribution < 1.29 is 32.3 Å². The molecule has 2 N–H and O–H groups in total. The average molecular weight is 566 g/mol. The lowest BCUT2D eigenvalue weighted by Crippen LogP contribution is -2.48. The SMILES string of the molecule is O=C(NC1CCN(C(=O)OCCC2(C(=O)NCC(F)(F)F)c3ccccc3-c3ccccc32)CC1)c1ccccc1. The van der Waals surface area contributed by atoms with E-state index in [1.165, 1.54) is 4.90 Å². The highest BCUT2D eigenvalue weighted by atomic mass is 19.4. The zero-order chi connectivity index (χ0) is 29.0. The third-order valence-electron chi connectivity index (χ3n) is 7.73. The van der Waals surface area contributed by atoms with Gasteiger partial charge in [0.25, 0.3) is 5.91 Å². The van der Waals surface area contributed by atoms with Gasteiger partial charge in [0.1, 0.15) is 12.0 Å². The van der Waals surface area contributed by atoms with Gasteiger partial charge in [-0.05, 0) is 47.2 Å². The first-order valence-corrected chi connectivity index (χ1v) is 13.5. The molecule has 0 radical (unpaired) electrons. The fraction of sp³-hybridized carbons (Fsp3) is 0.323. The van der Waals surface area contributed by atoms with E-state index in [4.69, 9.17) is 4.74 Å². The van der Waals surface area contributed by atoms with Crippen molar-refractivity contribution in [1.82, 2.24) is 15.5 Å². The number of nitrogens with zero attached hydrogens (tertiary/aromatic N) is 1. The van der Waals surface area contributed by atoms with Gasteiger partial charge in [0, 0.05) is 31.1 Å². The number of alkyl halides is 3. The van der Waals surface area contributed by atoms with Crippen LogP contribution in [-0.2, 0) is 14.9 Å². The zero-order valence-corrected chi connectivity index (χ0v) is 22.2. The first kappa shape index (κ1) is 28.2. The van der Waals surface area contributed by atoms with Gasteiger partial charge in [-0.3, -0.25) is 9.59 Å². The molecule has 3 aromatic carbocycles. The van der Waals surface area contributed by atoms with Crippen molar-refractivity contribution in [3.05, 3.63) is 95.6 Å². The van der Waals surface area contributed by atoms with Crippen molar-refractivity contribution in [3.63, 3.8) is 0 Å². The van der Waals surface area contributed by atoms with Crippen LogP contribution in [0.2, 0.25) is 0 Å². The number of halogens is 3. The van der Waals surface area contributed by atoms with Gasteiger partial charge in [-0.1, -0.05) is 66.7 Å². The van der Waals surface area contributed by atoms with E-state index >= 15 is 0 Å². The number of piperidine rings is 1. The maximum atomic E-state index is 13.5. The first-order valence-electron chi connectivity index (χ1n) is 13.5. The van der Waals surface area contributed by atoms with Crippen LogP contribution in [-0.4, -0.2) is 61.3 Å². The second-order valence-electron chi connectivity index (χ2n) is 10.3. The number of ether oxygens (including phenoxy) is 1. The number of benzene rings is 3. The molecule has 0 saturated carbocycles. The molecule has 1 aliphatic carbocycles. The minimum absolute atomic E-state index is 0.0277. The van der Waals surface area contributed by atoms with Gasteiger partial charge in [0.05, 0.1) is 6.61 Å². The third-order valence-corrected chi connectivity index (χ3v) is 7.73. The lowest BCUT2D eigenvalue weighted by Gasteiger charge is -2.33. The van der Waals surface area contributed by atoms with Crippen molar-refractivity contribution in [2.45, 2.75) is 36.9 Å². The number of hydrogen-bond acceptors (Lipinski definition) is 4. The summed E-state index contributed by atoms with van der Waals surface area (Å²) in [6, 6.07) is 23.0. The summed E-state index contributed by atoms with van der Waals surface area (Å²) >= 11 is 0. The van der Waals surface area contributed by atoms with Crippen LogP contribution in [0.5, 0.6) is 0 Å². The highest BCUT2D eigenvalue weighted by Crippen LogP contribution is 2.51. The van der Waals surface area contributed by atoms with E-state index < -0.39 is 30.1 Å². The van der Waals surface area contributed by atoms with Crippen LogP contribution in [0.3, 0.4) is 0 Å². The van der Waals surface area contributed by atoms with E-state index in [0.717, 1.165) is 11.1 Å². The molecule has 214 valence electrons. The molecule has 2 aliphatic rings. The van der Waals surface area contributed by atoms with Crippen LogP contribution in [0, 0.1) is 0 Å². The summed E-state index contributed by atoms with van der Waals surface area (Å²) in [4.78, 5) is 40.4. The minimum Gasteiger partial charge on any atom is -0.449 e. The molecular formula is C31H30F3N3O4. The molecule has 0 spiro atoms. The van der Waals surface area contributed by atoms with Crippen molar-refractivity contribution >= 4 is 17.9 Å². The number of hydrogen-bond donors (Lipinski definition) is 2. The molecule has 1 heterocycles. The van der Waals surface area contributed by atoms with E-state index in [2.05, 4.69) is 10.6 Å². The normalized spacial score (nSPS) is 15.9. The van der Waals surface area contributed by atoms with Crippen LogP contribution in [0.25, 0.3) is 11.1 Å². The van der Waals surface area contributed by atoms with Gasteiger partial charge in [-0.2, -0.15) is 13.2 Å². The number of rotatable bonds is 7. The van der Waals surface area contributed by atoms with Gasteiger partial charge >= 0.3 is 12.3 Å². The molecular weight excluding hydrogens is 535 g/mol. The van der Waals surface area contributed by atoms with Crippen LogP contribution in [0.4, 0.5) is 18.0 Å². The Bertz CT molecular complexity index is 1370. The van der Waals surface area contributed by atoms with Gasteiger partial charge in [0.2, 0.25) is 5.91 Å². The first-order chi connectivity index (χ1) is 19.7. The number of carbonyl (C=O) groups is 3. The fourth-order valence-electron chi connectivity index (χ4n) is 5.73. The van der Waals surface area contributed by atoms with Crippen LogP contribution >= 0.6 is 0 Å². The number of nitrogens with one attached hydrogen (secondary N) is 2. The average Bonchev–Trinajstić information content (AvgIpc) is 3.27. The van der Waals surface area contributed by atoms with Crippen LogP contribution in [0.1, 0.15) is 40.7 Å². The van der Waals surface area contributed by atoms with E-state index in [0.29, 0.717) is 42.6 Å². The second kappa shape index (κ2) is 11.6. The molecule has 5 rings (SSSR count). The van der Waals surface area contributed by atoms with Crippen molar-refractivity contribution in [2.75, 3.05) is 26.2 Å². The summed E-state index contributed by atoms with van der Waals surface area (Å²) in [5.41, 5.74) is 1.79. The summed E-state index contributed by atoms with van der Waals surface area (Å²) < 4.78 is 44.7. The molecule has 7 nitrogen and oxygen atoms in total. The predicted octanol–water partition coefficient (Wildman–Crippen LogP) is 5.05. The fourth-order valence-corrected chi connectivity index (χ4v) is 5.73. The number of amides is 3. The Morgan fingerprint density at radius 1 is 0.854 bits per heavy atom. The molecule has 1 fully saturated rings. The van der Waals surface area contributed by atoms with Gasteiger partial charge in [-0.25, -0.2) is 4.79 Å². The van der Waals surface area contributed by atoms with Gasteiger partial charge < -0.3 is 20.3 Å². The smallest absolute Gasteiger partial charge is 0.409 e. The molecule has 3 amide bonds. The summed E-state index contributed by atoms with van der Waals surface area (Å²) in [5.74, 6) is -0.962. The molecule has 0 unspecified atom stereocenters. The van der Waals surface area contributed by atoms with E-state index in [1.54, 1.807) is 48.5 Å². The molecule has 0 aromatic heterocycles. The standard InChI is InChI=1S/C31H30F3N3O4/c32-31(33,34)20-35-28(39)30(25-12-6-4-10-23(25)24-11-5-7-13-26(24)30)16-19-41-29(40)37-17-14-22(15-18-37)36-27(38)21-8-2-1-3-9-21/h1-13,22H,14-20H2,(H,35,39)(H,36,38). The highest BCUT2D eigenvalue weighted by Gasteiger charge is 2.49. The minimum atomic E-state index is -4.58. The lowest BCUT2D eigenvalue weighted by molar-refractivity contribution is -0.141. The van der Waals surface area contributed by atoms with E-state index in [9.17, 15) is 27.6 Å². The molecule has 10 heteroatoms. The lowest BCUT2D eigenvalue weighted by atomic mass is 9.74. The Hall–Kier alpha value is -4.34. The Morgan fingerprint density at radius 3 is 2.00 bits per heavy atom. The van der Waals surface area contributed by atoms with E-state index in [-0.39, 0.29) is 25.0 Å². The Morgan fingerprint density at radius 2 is 1.41 bits per heavy atom. The topological polar surface area (TPSA) is 87.7 Å². The molecule has 3 aromatic rings. The summed E-state index contributed by atoms with van der Waals surface area (Å²) in [6.07, 6.45) is -4.06. The molecule has 0 bridgehead atoms. The van der Waals surface area contributed by atoms with Crippen molar-refractivity contribution in [2.24, 2.45) is 0 Å². The maximum Gasteiger partial charge on any atom is 0.409 e. The molecule has 1 saturated heterocycles. The van der Waals surface area contributed by atoms with Crippen LogP contribution < -0.4 is 10.6 Å². The largest absolute Gasteiger partial charge is 0.449 e. The number of carbonyl (C=O) groups excluding carboxylic acids is 3. The van der Waals surface area contributed by atoms with Crippen molar-refractivity contribution in [1.29, 1.82) is 0 Å². The number of likely N-dealkylation sites (tertiary alicyclic amines) is 1. The zero-order valence-electron chi connectivity index (χ0n) is 22.2. The van der Waals surface area contributed by atoms with Gasteiger partial charge in [-0.15, -0.1) is 0 Å². The maximum absolute atomic E-state index is 13.5. The third kappa shape index (κ3) is 5.91. The predicted molar refractivity (Wildman–Crippen MR) is 146 cm³/mol. The summed E-state index contributed by atoms with van der Waals surface area (Å²) in [6.45, 7) is -0.887. The summed E-state index contributed by atoms with van der Waals surface area (Å²) in [5, 5.41) is 5.06. The van der Waals surface area contributed by atoms with Crippen molar-refractivity contribution in [3.8, 4) is 11.1 Å². The molecule has 41 heavy (non-hydrogen) atoms. The summed E-state index contributed by atoms with van der Waals surface area (Å²) in [7, 11) is 0.